The quantitative estimate of drug-likeness (QED) is 0.654. The number of nitrogens with two attached hydrogens (primary N) is 1. The number of aliphatic hydroxyl groups excluding tert-OH is 1. The second-order valence-corrected chi connectivity index (χ2v) is 4.69. The number of carbonyl (C=O) groups is 1. The van der Waals surface area contributed by atoms with Gasteiger partial charge in [-0.05, 0) is 18.6 Å². The molecule has 5 heteroatoms. The third-order valence-electron chi connectivity index (χ3n) is 3.37. The van der Waals surface area contributed by atoms with Gasteiger partial charge in [-0.15, -0.1) is 0 Å². The van der Waals surface area contributed by atoms with Crippen LogP contribution in [0.15, 0.2) is 24.3 Å². The molecule has 0 aliphatic carbocycles. The summed E-state index contributed by atoms with van der Waals surface area (Å²) in [7, 11) is 0. The van der Waals surface area contributed by atoms with Gasteiger partial charge in [-0.3, -0.25) is 4.79 Å². The Kier molecular flexibility index (Phi) is 2.48. The summed E-state index contributed by atoms with van der Waals surface area (Å²) in [4.78, 5) is 16.9. The highest BCUT2D eigenvalue weighted by Crippen LogP contribution is 2.22. The molecule has 1 fully saturated rings. The van der Waals surface area contributed by atoms with Crippen LogP contribution in [-0.2, 0) is 0 Å². The molecule has 18 heavy (non-hydrogen) atoms. The number of hydrogen-bond acceptors (Lipinski definition) is 3. The highest BCUT2D eigenvalue weighted by atomic mass is 16.3. The Labute approximate surface area is 104 Å². The number of aromatic nitrogens is 1. The minimum Gasteiger partial charge on any atom is -0.397 e. The molecule has 1 aromatic heterocycles. The molecular formula is C13H15N3O2. The topological polar surface area (TPSA) is 82.3 Å². The van der Waals surface area contributed by atoms with Crippen LogP contribution >= 0.6 is 0 Å². The summed E-state index contributed by atoms with van der Waals surface area (Å²) in [6.07, 6.45) is 0.247. The number of benzene rings is 1. The molecule has 4 N–H and O–H groups in total. The molecule has 0 saturated carbocycles. The number of rotatable bonds is 1. The van der Waals surface area contributed by atoms with Crippen LogP contribution in [0, 0.1) is 0 Å². The lowest BCUT2D eigenvalue weighted by Gasteiger charge is -2.13. The fraction of sp³-hybridized carbons (Fsp3) is 0.308. The standard InChI is InChI=1S/C13H15N3O2/c14-10-3-1-2-8-6-11(15-12(8)10)13(18)16-5-4-9(17)7-16/h1-3,6,9,15,17H,4-5,7,14H2/t9-/m1/s1. The van der Waals surface area contributed by atoms with Crippen LogP contribution in [0.5, 0.6) is 0 Å². The number of β-amino-alcohol motifs (C(OH)–C–C–N with tert-alkyl or cyclic N) is 1. The van der Waals surface area contributed by atoms with Gasteiger partial charge in [-0.25, -0.2) is 0 Å². The number of anilines is 1. The number of aliphatic hydroxyl groups is 1. The van der Waals surface area contributed by atoms with E-state index in [0.29, 0.717) is 30.9 Å². The lowest BCUT2D eigenvalue weighted by atomic mass is 10.2. The molecule has 2 heterocycles. The Bertz CT molecular complexity index is 605. The van der Waals surface area contributed by atoms with Crippen LogP contribution in [0.3, 0.4) is 0 Å². The minimum atomic E-state index is -0.400. The molecular weight excluding hydrogens is 230 g/mol. The fourth-order valence-corrected chi connectivity index (χ4v) is 2.39. The van der Waals surface area contributed by atoms with Gasteiger partial charge < -0.3 is 20.7 Å². The van der Waals surface area contributed by atoms with Crippen molar-refractivity contribution in [3.05, 3.63) is 30.0 Å². The van der Waals surface area contributed by atoms with Gasteiger partial charge in [0, 0.05) is 18.5 Å². The number of fused-ring (bicyclic) bond motifs is 1. The van der Waals surface area contributed by atoms with E-state index in [0.717, 1.165) is 10.9 Å². The third kappa shape index (κ3) is 1.73. The Morgan fingerprint density at radius 3 is 3.00 bits per heavy atom. The van der Waals surface area contributed by atoms with Gasteiger partial charge in [0.15, 0.2) is 0 Å². The molecule has 0 spiro atoms. The van der Waals surface area contributed by atoms with E-state index in [1.165, 1.54) is 0 Å². The smallest absolute Gasteiger partial charge is 0.270 e. The van der Waals surface area contributed by atoms with E-state index < -0.39 is 6.10 Å². The number of aromatic amines is 1. The molecule has 2 aromatic rings. The van der Waals surface area contributed by atoms with Crippen LogP contribution in [0.2, 0.25) is 0 Å². The summed E-state index contributed by atoms with van der Waals surface area (Å²) in [5, 5.41) is 10.4. The molecule has 1 aromatic carbocycles. The number of nitrogens with zero attached hydrogens (tertiary/aromatic N) is 1. The Hall–Kier alpha value is -2.01. The lowest BCUT2D eigenvalue weighted by Crippen LogP contribution is -2.29. The average Bonchev–Trinajstić information content (AvgIpc) is 2.95. The van der Waals surface area contributed by atoms with E-state index in [4.69, 9.17) is 5.73 Å². The number of nitrogen functional groups attached to an aromatic ring is 1. The second-order valence-electron chi connectivity index (χ2n) is 4.69. The zero-order chi connectivity index (χ0) is 12.7. The SMILES string of the molecule is Nc1cccc2cc(C(=O)N3CC[C@@H](O)C3)[nH]c12. The maximum atomic E-state index is 12.2. The van der Waals surface area contributed by atoms with Crippen molar-refractivity contribution in [2.24, 2.45) is 0 Å². The van der Waals surface area contributed by atoms with Crippen molar-refractivity contribution >= 4 is 22.5 Å². The van der Waals surface area contributed by atoms with E-state index in [2.05, 4.69) is 4.98 Å². The molecule has 0 bridgehead atoms. The highest BCUT2D eigenvalue weighted by Gasteiger charge is 2.26. The molecule has 0 unspecified atom stereocenters. The maximum Gasteiger partial charge on any atom is 0.270 e. The van der Waals surface area contributed by atoms with Crippen LogP contribution in [0.1, 0.15) is 16.9 Å². The molecule has 1 aliphatic heterocycles. The third-order valence-corrected chi connectivity index (χ3v) is 3.37. The predicted octanol–water partition coefficient (Wildman–Crippen LogP) is 0.957. The first-order chi connectivity index (χ1) is 8.65. The summed E-state index contributed by atoms with van der Waals surface area (Å²) >= 11 is 0. The van der Waals surface area contributed by atoms with Crippen molar-refractivity contribution in [3.8, 4) is 0 Å². The van der Waals surface area contributed by atoms with Gasteiger partial charge in [0.1, 0.15) is 5.69 Å². The number of para-hydroxylation sites is 1. The molecule has 1 saturated heterocycles. The molecule has 1 aliphatic rings. The van der Waals surface area contributed by atoms with Crippen LogP contribution in [-0.4, -0.2) is 40.1 Å². The van der Waals surface area contributed by atoms with E-state index >= 15 is 0 Å². The first-order valence-corrected chi connectivity index (χ1v) is 5.99. The number of nitrogens with one attached hydrogen (secondary N) is 1. The van der Waals surface area contributed by atoms with Crippen molar-refractivity contribution < 1.29 is 9.90 Å². The largest absolute Gasteiger partial charge is 0.397 e. The predicted molar refractivity (Wildman–Crippen MR) is 69.2 cm³/mol. The number of likely N-dealkylation sites (tertiary alicyclic amines) is 1. The number of H-pyrrole nitrogens is 1. The summed E-state index contributed by atoms with van der Waals surface area (Å²) in [5.41, 5.74) is 7.80. The van der Waals surface area contributed by atoms with Crippen LogP contribution in [0.25, 0.3) is 10.9 Å². The van der Waals surface area contributed by atoms with Crippen molar-refractivity contribution in [3.63, 3.8) is 0 Å². The number of hydrogen-bond donors (Lipinski definition) is 3. The summed E-state index contributed by atoms with van der Waals surface area (Å²) in [6.45, 7) is 1.01. The van der Waals surface area contributed by atoms with Gasteiger partial charge in [0.2, 0.25) is 0 Å². The maximum absolute atomic E-state index is 12.2. The monoisotopic (exact) mass is 245 g/mol. The van der Waals surface area contributed by atoms with Crippen LogP contribution < -0.4 is 5.73 Å². The molecule has 0 radical (unpaired) electrons. The van der Waals surface area contributed by atoms with E-state index in [1.807, 2.05) is 12.1 Å². The van der Waals surface area contributed by atoms with Gasteiger partial charge in [0.25, 0.3) is 5.91 Å². The van der Waals surface area contributed by atoms with Crippen molar-refractivity contribution in [1.82, 2.24) is 9.88 Å². The van der Waals surface area contributed by atoms with Crippen LogP contribution in [0.4, 0.5) is 5.69 Å². The first kappa shape index (κ1) is 11.1. The zero-order valence-corrected chi connectivity index (χ0v) is 9.89. The number of carbonyl (C=O) groups excluding carboxylic acids is 1. The molecule has 94 valence electrons. The Morgan fingerprint density at radius 1 is 1.50 bits per heavy atom. The van der Waals surface area contributed by atoms with E-state index in [-0.39, 0.29) is 5.91 Å². The van der Waals surface area contributed by atoms with E-state index in [9.17, 15) is 9.90 Å². The normalized spacial score (nSPS) is 19.6. The molecule has 1 atom stereocenters. The average molecular weight is 245 g/mol. The Balaban J connectivity index is 1.95. The van der Waals surface area contributed by atoms with E-state index in [1.54, 1.807) is 17.0 Å². The molecule has 1 amide bonds. The van der Waals surface area contributed by atoms with Crippen molar-refractivity contribution in [1.29, 1.82) is 0 Å². The van der Waals surface area contributed by atoms with Gasteiger partial charge in [-0.1, -0.05) is 12.1 Å². The van der Waals surface area contributed by atoms with Gasteiger partial charge in [0.05, 0.1) is 17.3 Å². The fourth-order valence-electron chi connectivity index (χ4n) is 2.39. The molecule has 3 rings (SSSR count). The second kappa shape index (κ2) is 4.03. The van der Waals surface area contributed by atoms with Gasteiger partial charge >= 0.3 is 0 Å². The minimum absolute atomic E-state index is 0.0813. The first-order valence-electron chi connectivity index (χ1n) is 5.99. The molecule has 5 nitrogen and oxygen atoms in total. The summed E-state index contributed by atoms with van der Waals surface area (Å²) in [6, 6.07) is 7.38. The zero-order valence-electron chi connectivity index (χ0n) is 9.89. The Morgan fingerprint density at radius 2 is 2.33 bits per heavy atom. The summed E-state index contributed by atoms with van der Waals surface area (Å²) in [5.74, 6) is -0.0813. The highest BCUT2D eigenvalue weighted by molar-refractivity contribution is 6.00. The van der Waals surface area contributed by atoms with Crippen molar-refractivity contribution in [2.45, 2.75) is 12.5 Å². The number of amides is 1. The van der Waals surface area contributed by atoms with Gasteiger partial charge in [-0.2, -0.15) is 0 Å². The lowest BCUT2D eigenvalue weighted by molar-refractivity contribution is 0.0760. The summed E-state index contributed by atoms with van der Waals surface area (Å²) < 4.78 is 0. The van der Waals surface area contributed by atoms with Crippen molar-refractivity contribution in [2.75, 3.05) is 18.8 Å².